The van der Waals surface area contributed by atoms with E-state index in [0.717, 1.165) is 70.0 Å². The Morgan fingerprint density at radius 3 is 2.93 bits per heavy atom. The average molecular weight is 394 g/mol. The summed E-state index contributed by atoms with van der Waals surface area (Å²) in [5.41, 5.74) is 3.89. The first kappa shape index (κ1) is 19.8. The lowest BCUT2D eigenvalue weighted by atomic mass is 9.97. The molecule has 0 aliphatic carbocycles. The number of anilines is 1. The number of hydrogen-bond donors (Lipinski definition) is 1. The molecule has 0 saturated carbocycles. The second-order valence-corrected chi connectivity index (χ2v) is 8.22. The molecule has 1 aromatic heterocycles. The number of rotatable bonds is 6. The molecule has 4 rings (SSSR count). The van der Waals surface area contributed by atoms with Gasteiger partial charge in [-0.05, 0) is 49.8 Å². The molecule has 2 aromatic rings. The summed E-state index contributed by atoms with van der Waals surface area (Å²) in [5.74, 6) is 0.939. The van der Waals surface area contributed by atoms with Crippen molar-refractivity contribution in [3.05, 3.63) is 53.3 Å². The molecule has 0 bridgehead atoms. The topological polar surface area (TPSA) is 61.4 Å². The Morgan fingerprint density at radius 2 is 2.07 bits per heavy atom. The zero-order valence-electron chi connectivity index (χ0n) is 17.3. The van der Waals surface area contributed by atoms with Gasteiger partial charge in [-0.25, -0.2) is 9.97 Å². The molecule has 154 valence electrons. The highest BCUT2D eigenvalue weighted by Crippen LogP contribution is 2.21. The fraction of sp³-hybridized carbons (Fsp3) is 0.522. The van der Waals surface area contributed by atoms with Gasteiger partial charge in [-0.1, -0.05) is 24.3 Å². The van der Waals surface area contributed by atoms with E-state index in [1.165, 1.54) is 11.1 Å². The summed E-state index contributed by atoms with van der Waals surface area (Å²) >= 11 is 0. The van der Waals surface area contributed by atoms with Crippen molar-refractivity contribution in [1.82, 2.24) is 20.2 Å². The number of aryl methyl sites for hydroxylation is 1. The number of piperidine rings is 1. The van der Waals surface area contributed by atoms with E-state index in [0.29, 0.717) is 6.54 Å². The van der Waals surface area contributed by atoms with Gasteiger partial charge in [0.05, 0.1) is 5.92 Å². The van der Waals surface area contributed by atoms with Crippen LogP contribution in [0.5, 0.6) is 0 Å². The second kappa shape index (κ2) is 9.35. The van der Waals surface area contributed by atoms with E-state index in [1.807, 2.05) is 13.0 Å². The SMILES string of the molecule is Cc1ccnc(N2CCCC(C(=O)NCCCN3CCc4ccccc4C3)C2)n1. The third kappa shape index (κ3) is 5.12. The molecule has 2 aliphatic heterocycles. The van der Waals surface area contributed by atoms with Crippen molar-refractivity contribution in [2.24, 2.45) is 5.92 Å². The highest BCUT2D eigenvalue weighted by atomic mass is 16.1. The van der Waals surface area contributed by atoms with E-state index in [9.17, 15) is 4.79 Å². The maximum atomic E-state index is 12.7. The molecule has 0 spiro atoms. The van der Waals surface area contributed by atoms with Crippen molar-refractivity contribution in [2.75, 3.05) is 37.6 Å². The van der Waals surface area contributed by atoms with Crippen LogP contribution in [0.3, 0.4) is 0 Å². The summed E-state index contributed by atoms with van der Waals surface area (Å²) in [7, 11) is 0. The Bertz CT molecular complexity index is 840. The number of aromatic nitrogens is 2. The lowest BCUT2D eigenvalue weighted by Gasteiger charge is -2.32. The van der Waals surface area contributed by atoms with Gasteiger partial charge in [0.2, 0.25) is 11.9 Å². The van der Waals surface area contributed by atoms with Gasteiger partial charge in [0.15, 0.2) is 0 Å². The minimum Gasteiger partial charge on any atom is -0.356 e. The summed E-state index contributed by atoms with van der Waals surface area (Å²) in [5, 5.41) is 3.16. The fourth-order valence-electron chi connectivity index (χ4n) is 4.36. The van der Waals surface area contributed by atoms with Crippen LogP contribution >= 0.6 is 0 Å². The Balaban J connectivity index is 1.20. The van der Waals surface area contributed by atoms with Gasteiger partial charge < -0.3 is 10.2 Å². The summed E-state index contributed by atoms with van der Waals surface area (Å²) in [6.45, 7) is 7.51. The maximum absolute atomic E-state index is 12.7. The van der Waals surface area contributed by atoms with E-state index in [4.69, 9.17) is 0 Å². The van der Waals surface area contributed by atoms with Crippen molar-refractivity contribution in [3.63, 3.8) is 0 Å². The van der Waals surface area contributed by atoms with Crippen LogP contribution in [0.15, 0.2) is 36.5 Å². The first-order valence-corrected chi connectivity index (χ1v) is 10.8. The van der Waals surface area contributed by atoms with E-state index >= 15 is 0 Å². The summed E-state index contributed by atoms with van der Waals surface area (Å²) < 4.78 is 0. The molecular formula is C23H31N5O. The number of benzene rings is 1. The van der Waals surface area contributed by atoms with Crippen LogP contribution in [0.4, 0.5) is 5.95 Å². The molecule has 1 aromatic carbocycles. The monoisotopic (exact) mass is 393 g/mol. The normalized spacial score (nSPS) is 19.6. The summed E-state index contributed by atoms with van der Waals surface area (Å²) in [6, 6.07) is 10.6. The highest BCUT2D eigenvalue weighted by Gasteiger charge is 2.27. The van der Waals surface area contributed by atoms with E-state index in [1.54, 1.807) is 6.20 Å². The molecule has 2 aliphatic rings. The minimum absolute atomic E-state index is 0.0229. The molecule has 0 radical (unpaired) electrons. The second-order valence-electron chi connectivity index (χ2n) is 8.22. The van der Waals surface area contributed by atoms with Gasteiger partial charge in [-0.2, -0.15) is 0 Å². The van der Waals surface area contributed by atoms with E-state index in [-0.39, 0.29) is 11.8 Å². The Kier molecular flexibility index (Phi) is 6.39. The first-order chi connectivity index (χ1) is 14.2. The Morgan fingerprint density at radius 1 is 1.21 bits per heavy atom. The number of hydrogen-bond acceptors (Lipinski definition) is 5. The van der Waals surface area contributed by atoms with Gasteiger partial charge >= 0.3 is 0 Å². The smallest absolute Gasteiger partial charge is 0.225 e. The number of carbonyl (C=O) groups is 1. The largest absolute Gasteiger partial charge is 0.356 e. The van der Waals surface area contributed by atoms with Crippen molar-refractivity contribution in [3.8, 4) is 0 Å². The van der Waals surface area contributed by atoms with Crippen LogP contribution in [-0.4, -0.2) is 53.5 Å². The van der Waals surface area contributed by atoms with Crippen LogP contribution in [0.2, 0.25) is 0 Å². The van der Waals surface area contributed by atoms with Crippen molar-refractivity contribution < 1.29 is 4.79 Å². The molecule has 1 amide bonds. The number of amides is 1. The van der Waals surface area contributed by atoms with Gasteiger partial charge in [0, 0.05) is 51.2 Å². The molecule has 6 nitrogen and oxygen atoms in total. The van der Waals surface area contributed by atoms with Crippen molar-refractivity contribution in [1.29, 1.82) is 0 Å². The molecular weight excluding hydrogens is 362 g/mol. The lowest BCUT2D eigenvalue weighted by Crippen LogP contribution is -2.44. The Hall–Kier alpha value is -2.47. The third-order valence-corrected chi connectivity index (χ3v) is 6.02. The summed E-state index contributed by atoms with van der Waals surface area (Å²) in [4.78, 5) is 26.2. The molecule has 1 unspecified atom stereocenters. The zero-order valence-corrected chi connectivity index (χ0v) is 17.3. The predicted octanol–water partition coefficient (Wildman–Crippen LogP) is 2.57. The number of nitrogens with zero attached hydrogens (tertiary/aromatic N) is 4. The first-order valence-electron chi connectivity index (χ1n) is 10.8. The molecule has 1 saturated heterocycles. The van der Waals surface area contributed by atoms with Crippen molar-refractivity contribution in [2.45, 2.75) is 39.2 Å². The number of nitrogens with one attached hydrogen (secondary N) is 1. The zero-order chi connectivity index (χ0) is 20.1. The minimum atomic E-state index is 0.0229. The van der Waals surface area contributed by atoms with Gasteiger partial charge in [0.25, 0.3) is 0 Å². The predicted molar refractivity (Wildman–Crippen MR) is 115 cm³/mol. The molecule has 29 heavy (non-hydrogen) atoms. The van der Waals surface area contributed by atoms with E-state index in [2.05, 4.69) is 49.4 Å². The number of carbonyl (C=O) groups excluding carboxylic acids is 1. The molecule has 1 fully saturated rings. The van der Waals surface area contributed by atoms with Crippen molar-refractivity contribution >= 4 is 11.9 Å². The molecule has 1 atom stereocenters. The van der Waals surface area contributed by atoms with Crippen LogP contribution in [0.25, 0.3) is 0 Å². The lowest BCUT2D eigenvalue weighted by molar-refractivity contribution is -0.125. The Labute approximate surface area is 173 Å². The third-order valence-electron chi connectivity index (χ3n) is 6.02. The van der Waals surface area contributed by atoms with Gasteiger partial charge in [0.1, 0.15) is 0 Å². The average Bonchev–Trinajstić information content (AvgIpc) is 2.76. The summed E-state index contributed by atoms with van der Waals surface area (Å²) in [6.07, 6.45) is 5.85. The quantitative estimate of drug-likeness (QED) is 0.765. The van der Waals surface area contributed by atoms with Crippen LogP contribution < -0.4 is 10.2 Å². The van der Waals surface area contributed by atoms with Crippen LogP contribution in [0.1, 0.15) is 36.1 Å². The van der Waals surface area contributed by atoms with Gasteiger partial charge in [-0.3, -0.25) is 9.69 Å². The maximum Gasteiger partial charge on any atom is 0.225 e. The van der Waals surface area contributed by atoms with E-state index < -0.39 is 0 Å². The van der Waals surface area contributed by atoms with Crippen LogP contribution in [0, 0.1) is 12.8 Å². The number of fused-ring (bicyclic) bond motifs is 1. The molecule has 3 heterocycles. The van der Waals surface area contributed by atoms with Gasteiger partial charge in [-0.15, -0.1) is 0 Å². The fourth-order valence-corrected chi connectivity index (χ4v) is 4.36. The molecule has 6 heteroatoms. The standard InChI is InChI=1S/C23H31N5O/c1-18-9-12-25-23(26-18)28-14-4-8-21(17-28)22(29)24-11-5-13-27-15-10-19-6-2-3-7-20(19)16-27/h2-3,6-7,9,12,21H,4-5,8,10-11,13-17H2,1H3,(H,24,29). The van der Waals surface area contributed by atoms with Crippen LogP contribution in [-0.2, 0) is 17.8 Å². The highest BCUT2D eigenvalue weighted by molar-refractivity contribution is 5.79. The molecule has 1 N–H and O–H groups in total.